The number of benzene rings is 1. The summed E-state index contributed by atoms with van der Waals surface area (Å²) in [6.45, 7) is 4.41. The zero-order valence-corrected chi connectivity index (χ0v) is 13.4. The number of nitrogens with zero attached hydrogens (tertiary/aromatic N) is 1. The molecule has 0 radical (unpaired) electrons. The van der Waals surface area contributed by atoms with Gasteiger partial charge in [0.1, 0.15) is 5.60 Å². The molecule has 0 bridgehead atoms. The van der Waals surface area contributed by atoms with Crippen molar-refractivity contribution < 1.29 is 9.90 Å². The number of ketones is 1. The highest BCUT2D eigenvalue weighted by atomic mass is 16.3. The maximum Gasteiger partial charge on any atom is 0.170 e. The number of carbonyl (C=O) groups excluding carboxylic acids is 1. The Morgan fingerprint density at radius 1 is 1.24 bits per heavy atom. The average molecular weight is 287 g/mol. The molecule has 1 N–H and O–H groups in total. The average Bonchev–Trinajstić information content (AvgIpc) is 2.46. The summed E-state index contributed by atoms with van der Waals surface area (Å²) >= 11 is 0. The maximum atomic E-state index is 12.5. The molecule has 0 aromatic heterocycles. The smallest absolute Gasteiger partial charge is 0.170 e. The zero-order chi connectivity index (χ0) is 15.9. The summed E-state index contributed by atoms with van der Waals surface area (Å²) in [6.07, 6.45) is 0.749. The Kier molecular flexibility index (Phi) is 6.61. The number of aliphatic hydroxyl groups is 1. The van der Waals surface area contributed by atoms with Crippen LogP contribution in [0.4, 0.5) is 0 Å². The van der Waals surface area contributed by atoms with Crippen LogP contribution in [0.5, 0.6) is 0 Å². The van der Waals surface area contributed by atoms with E-state index in [9.17, 15) is 9.90 Å². The van der Waals surface area contributed by atoms with Crippen LogP contribution >= 0.6 is 0 Å². The van der Waals surface area contributed by atoms with Crippen molar-refractivity contribution in [1.29, 1.82) is 0 Å². The SMILES string of the molecule is CC(C)[C@](O)(C(=O)CCC#CCN(C)C)c1ccccc1. The van der Waals surface area contributed by atoms with Crippen LogP contribution in [0.2, 0.25) is 0 Å². The topological polar surface area (TPSA) is 40.5 Å². The molecule has 1 aromatic carbocycles. The largest absolute Gasteiger partial charge is 0.377 e. The van der Waals surface area contributed by atoms with E-state index in [4.69, 9.17) is 0 Å². The Morgan fingerprint density at radius 3 is 2.38 bits per heavy atom. The Hall–Kier alpha value is -1.63. The van der Waals surface area contributed by atoms with Gasteiger partial charge in [-0.3, -0.25) is 9.69 Å². The van der Waals surface area contributed by atoms with Crippen LogP contribution in [0, 0.1) is 17.8 Å². The Morgan fingerprint density at radius 2 is 1.86 bits per heavy atom. The normalized spacial score (nSPS) is 13.7. The van der Waals surface area contributed by atoms with Crippen molar-refractivity contribution >= 4 is 5.78 Å². The second kappa shape index (κ2) is 7.97. The third kappa shape index (κ3) is 4.70. The molecule has 0 spiro atoms. The Balaban J connectivity index is 2.77. The predicted octanol–water partition coefficient (Wildman–Crippen LogP) is 2.44. The van der Waals surface area contributed by atoms with Gasteiger partial charge in [-0.15, -0.1) is 5.92 Å². The molecule has 0 fully saturated rings. The molecule has 0 saturated carbocycles. The van der Waals surface area contributed by atoms with Gasteiger partial charge in [-0.25, -0.2) is 0 Å². The van der Waals surface area contributed by atoms with Crippen molar-refractivity contribution in [2.45, 2.75) is 32.3 Å². The first-order chi connectivity index (χ1) is 9.89. The zero-order valence-electron chi connectivity index (χ0n) is 13.4. The molecular formula is C18H25NO2. The van der Waals surface area contributed by atoms with E-state index >= 15 is 0 Å². The van der Waals surface area contributed by atoms with Gasteiger partial charge in [0.15, 0.2) is 5.78 Å². The first-order valence-corrected chi connectivity index (χ1v) is 7.30. The van der Waals surface area contributed by atoms with E-state index < -0.39 is 5.60 Å². The summed E-state index contributed by atoms with van der Waals surface area (Å²) in [5.41, 5.74) is -0.768. The van der Waals surface area contributed by atoms with Crippen molar-refractivity contribution in [2.24, 2.45) is 5.92 Å². The van der Waals surface area contributed by atoms with Gasteiger partial charge in [0, 0.05) is 12.8 Å². The molecule has 0 aliphatic heterocycles. The van der Waals surface area contributed by atoms with Crippen LogP contribution in [-0.2, 0) is 10.4 Å². The van der Waals surface area contributed by atoms with Gasteiger partial charge in [0.05, 0.1) is 6.54 Å². The van der Waals surface area contributed by atoms with Crippen molar-refractivity contribution in [1.82, 2.24) is 4.90 Å². The van der Waals surface area contributed by atoms with Crippen LogP contribution < -0.4 is 0 Å². The van der Waals surface area contributed by atoms with E-state index in [2.05, 4.69) is 11.8 Å². The Labute approximate surface area is 128 Å². The number of hydrogen-bond acceptors (Lipinski definition) is 3. The highest BCUT2D eigenvalue weighted by Gasteiger charge is 2.39. The van der Waals surface area contributed by atoms with E-state index in [0.29, 0.717) is 18.5 Å². The van der Waals surface area contributed by atoms with Crippen LogP contribution in [0.15, 0.2) is 30.3 Å². The van der Waals surface area contributed by atoms with E-state index in [0.717, 1.165) is 0 Å². The summed E-state index contributed by atoms with van der Waals surface area (Å²) in [6, 6.07) is 9.16. The minimum absolute atomic E-state index is 0.164. The minimum atomic E-state index is -1.43. The standard InChI is InChI=1S/C18H25NO2/c1-15(2)18(21,16-11-7-5-8-12-16)17(20)13-9-6-10-14-19(3)4/h5,7-8,11-12,15,21H,9,13-14H2,1-4H3/t18-/m1/s1. The van der Waals surface area contributed by atoms with E-state index in [1.807, 2.05) is 51.0 Å². The molecule has 1 aromatic rings. The molecular weight excluding hydrogens is 262 g/mol. The third-order valence-corrected chi connectivity index (χ3v) is 3.47. The molecule has 1 rings (SSSR count). The van der Waals surface area contributed by atoms with Gasteiger partial charge < -0.3 is 5.11 Å². The quantitative estimate of drug-likeness (QED) is 0.817. The first kappa shape index (κ1) is 17.4. The summed E-state index contributed by atoms with van der Waals surface area (Å²) in [5.74, 6) is 5.65. The van der Waals surface area contributed by atoms with E-state index in [1.54, 1.807) is 12.1 Å². The maximum absolute atomic E-state index is 12.5. The fraction of sp³-hybridized carbons (Fsp3) is 0.500. The molecule has 3 heteroatoms. The van der Waals surface area contributed by atoms with Crippen molar-refractivity contribution in [3.8, 4) is 11.8 Å². The lowest BCUT2D eigenvalue weighted by molar-refractivity contribution is -0.143. The highest BCUT2D eigenvalue weighted by Crippen LogP contribution is 2.31. The van der Waals surface area contributed by atoms with E-state index in [-0.39, 0.29) is 18.1 Å². The lowest BCUT2D eigenvalue weighted by Crippen LogP contribution is -2.40. The molecule has 0 saturated heterocycles. The molecule has 114 valence electrons. The summed E-state index contributed by atoms with van der Waals surface area (Å²) in [7, 11) is 3.90. The number of rotatable bonds is 6. The Bertz CT molecular complexity index is 511. The molecule has 3 nitrogen and oxygen atoms in total. The van der Waals surface area contributed by atoms with Crippen molar-refractivity contribution in [3.05, 3.63) is 35.9 Å². The fourth-order valence-corrected chi connectivity index (χ4v) is 2.18. The van der Waals surface area contributed by atoms with Crippen LogP contribution in [-0.4, -0.2) is 36.4 Å². The van der Waals surface area contributed by atoms with Crippen LogP contribution in [0.1, 0.15) is 32.3 Å². The lowest BCUT2D eigenvalue weighted by atomic mass is 9.78. The summed E-state index contributed by atoms with van der Waals surface area (Å²) in [4.78, 5) is 14.5. The second-order valence-corrected chi connectivity index (χ2v) is 5.80. The molecule has 21 heavy (non-hydrogen) atoms. The molecule has 0 unspecified atom stereocenters. The first-order valence-electron chi connectivity index (χ1n) is 7.30. The summed E-state index contributed by atoms with van der Waals surface area (Å²) in [5, 5.41) is 10.9. The van der Waals surface area contributed by atoms with Gasteiger partial charge >= 0.3 is 0 Å². The van der Waals surface area contributed by atoms with Gasteiger partial charge in [0.25, 0.3) is 0 Å². The summed E-state index contributed by atoms with van der Waals surface area (Å²) < 4.78 is 0. The van der Waals surface area contributed by atoms with Gasteiger partial charge in [0.2, 0.25) is 0 Å². The second-order valence-electron chi connectivity index (χ2n) is 5.80. The predicted molar refractivity (Wildman–Crippen MR) is 85.7 cm³/mol. The highest BCUT2D eigenvalue weighted by molar-refractivity contribution is 5.88. The van der Waals surface area contributed by atoms with Crippen molar-refractivity contribution in [3.63, 3.8) is 0 Å². The number of hydrogen-bond donors (Lipinski definition) is 1. The van der Waals surface area contributed by atoms with Crippen molar-refractivity contribution in [2.75, 3.05) is 20.6 Å². The monoisotopic (exact) mass is 287 g/mol. The number of carbonyl (C=O) groups is 1. The van der Waals surface area contributed by atoms with Gasteiger partial charge in [-0.1, -0.05) is 50.1 Å². The van der Waals surface area contributed by atoms with Gasteiger partial charge in [-0.2, -0.15) is 0 Å². The van der Waals surface area contributed by atoms with Crippen LogP contribution in [0.25, 0.3) is 0 Å². The van der Waals surface area contributed by atoms with E-state index in [1.165, 1.54) is 0 Å². The molecule has 1 atom stereocenters. The molecule has 0 aliphatic rings. The number of Topliss-reactive ketones (excluding diaryl/α,β-unsaturated/α-hetero) is 1. The van der Waals surface area contributed by atoms with Gasteiger partial charge in [-0.05, 0) is 25.6 Å². The molecule has 0 heterocycles. The fourth-order valence-electron chi connectivity index (χ4n) is 2.18. The minimum Gasteiger partial charge on any atom is -0.377 e. The lowest BCUT2D eigenvalue weighted by Gasteiger charge is -2.31. The molecule has 0 aliphatic carbocycles. The van der Waals surface area contributed by atoms with Crippen LogP contribution in [0.3, 0.4) is 0 Å². The third-order valence-electron chi connectivity index (χ3n) is 3.47. The molecule has 0 amide bonds.